The summed E-state index contributed by atoms with van der Waals surface area (Å²) in [6.07, 6.45) is 2.54. The van der Waals surface area contributed by atoms with Gasteiger partial charge in [-0.1, -0.05) is 0 Å². The SMILES string of the molecule is CC(=O)Nc1ccc(C(=O)NC2CC(=O)N(C3CC3)C2)cc1. The van der Waals surface area contributed by atoms with E-state index in [1.54, 1.807) is 24.3 Å². The summed E-state index contributed by atoms with van der Waals surface area (Å²) in [4.78, 5) is 36.9. The van der Waals surface area contributed by atoms with Crippen molar-refractivity contribution in [2.24, 2.45) is 0 Å². The van der Waals surface area contributed by atoms with E-state index in [0.29, 0.717) is 30.3 Å². The molecule has 2 N–H and O–H groups in total. The molecule has 116 valence electrons. The van der Waals surface area contributed by atoms with Crippen LogP contribution >= 0.6 is 0 Å². The van der Waals surface area contributed by atoms with Gasteiger partial charge in [0.1, 0.15) is 0 Å². The highest BCUT2D eigenvalue weighted by atomic mass is 16.2. The lowest BCUT2D eigenvalue weighted by molar-refractivity contribution is -0.128. The van der Waals surface area contributed by atoms with Crippen molar-refractivity contribution < 1.29 is 14.4 Å². The molecule has 1 aromatic carbocycles. The van der Waals surface area contributed by atoms with Gasteiger partial charge in [-0.15, -0.1) is 0 Å². The van der Waals surface area contributed by atoms with Gasteiger partial charge < -0.3 is 15.5 Å². The number of rotatable bonds is 4. The first kappa shape index (κ1) is 14.6. The number of hydrogen-bond acceptors (Lipinski definition) is 3. The minimum Gasteiger partial charge on any atom is -0.347 e. The average Bonchev–Trinajstić information content (AvgIpc) is 3.23. The number of anilines is 1. The Kier molecular flexibility index (Phi) is 3.83. The van der Waals surface area contributed by atoms with Crippen LogP contribution in [-0.4, -0.2) is 41.2 Å². The van der Waals surface area contributed by atoms with Gasteiger partial charge in [0, 0.05) is 37.2 Å². The highest BCUT2D eigenvalue weighted by Gasteiger charge is 2.39. The lowest BCUT2D eigenvalue weighted by Crippen LogP contribution is -2.37. The minimum absolute atomic E-state index is 0.115. The van der Waals surface area contributed by atoms with Gasteiger partial charge in [-0.2, -0.15) is 0 Å². The molecule has 0 spiro atoms. The van der Waals surface area contributed by atoms with E-state index in [9.17, 15) is 14.4 Å². The van der Waals surface area contributed by atoms with Crippen molar-refractivity contribution in [2.45, 2.75) is 38.3 Å². The lowest BCUT2D eigenvalue weighted by Gasteiger charge is -2.16. The van der Waals surface area contributed by atoms with Gasteiger partial charge in [-0.05, 0) is 37.1 Å². The number of likely N-dealkylation sites (tertiary alicyclic amines) is 1. The van der Waals surface area contributed by atoms with E-state index < -0.39 is 0 Å². The number of nitrogens with zero attached hydrogens (tertiary/aromatic N) is 1. The Morgan fingerprint density at radius 3 is 2.45 bits per heavy atom. The lowest BCUT2D eigenvalue weighted by atomic mass is 10.1. The van der Waals surface area contributed by atoms with E-state index in [4.69, 9.17) is 0 Å². The second kappa shape index (κ2) is 5.79. The molecule has 1 unspecified atom stereocenters. The molecule has 3 amide bonds. The molecule has 1 atom stereocenters. The predicted molar refractivity (Wildman–Crippen MR) is 81.4 cm³/mol. The third kappa shape index (κ3) is 3.27. The van der Waals surface area contributed by atoms with Crippen molar-refractivity contribution in [3.8, 4) is 0 Å². The molecule has 6 nitrogen and oxygen atoms in total. The number of nitrogens with one attached hydrogen (secondary N) is 2. The van der Waals surface area contributed by atoms with Crippen LogP contribution in [0.25, 0.3) is 0 Å². The van der Waals surface area contributed by atoms with E-state index in [1.807, 2.05) is 4.90 Å². The van der Waals surface area contributed by atoms with Gasteiger partial charge in [-0.3, -0.25) is 14.4 Å². The fourth-order valence-corrected chi connectivity index (χ4v) is 2.74. The van der Waals surface area contributed by atoms with Gasteiger partial charge in [0.15, 0.2) is 0 Å². The van der Waals surface area contributed by atoms with Gasteiger partial charge in [0.05, 0.1) is 6.04 Å². The summed E-state index contributed by atoms with van der Waals surface area (Å²) in [5.74, 6) is -0.208. The highest BCUT2D eigenvalue weighted by molar-refractivity contribution is 5.96. The first-order chi connectivity index (χ1) is 10.5. The summed E-state index contributed by atoms with van der Waals surface area (Å²) in [7, 11) is 0. The van der Waals surface area contributed by atoms with Gasteiger partial charge in [0.2, 0.25) is 11.8 Å². The smallest absolute Gasteiger partial charge is 0.251 e. The molecule has 0 aromatic heterocycles. The molecule has 0 radical (unpaired) electrons. The summed E-state index contributed by atoms with van der Waals surface area (Å²) in [6, 6.07) is 6.98. The normalized spacial score (nSPS) is 20.9. The zero-order valence-corrected chi connectivity index (χ0v) is 12.5. The monoisotopic (exact) mass is 301 g/mol. The van der Waals surface area contributed by atoms with Crippen molar-refractivity contribution >= 4 is 23.4 Å². The summed E-state index contributed by atoms with van der Waals surface area (Å²) >= 11 is 0. The molecule has 1 aliphatic carbocycles. The zero-order chi connectivity index (χ0) is 15.7. The first-order valence-corrected chi connectivity index (χ1v) is 7.51. The maximum absolute atomic E-state index is 12.2. The maximum atomic E-state index is 12.2. The van der Waals surface area contributed by atoms with Gasteiger partial charge >= 0.3 is 0 Å². The molecule has 3 rings (SSSR count). The van der Waals surface area contributed by atoms with Crippen LogP contribution in [0.3, 0.4) is 0 Å². The third-order valence-electron chi connectivity index (χ3n) is 3.95. The number of carbonyl (C=O) groups is 3. The Labute approximate surface area is 128 Å². The Morgan fingerprint density at radius 1 is 1.18 bits per heavy atom. The maximum Gasteiger partial charge on any atom is 0.251 e. The molecule has 1 saturated heterocycles. The zero-order valence-electron chi connectivity index (χ0n) is 12.5. The molecule has 6 heteroatoms. The average molecular weight is 301 g/mol. The summed E-state index contributed by atoms with van der Waals surface area (Å²) in [6.45, 7) is 2.04. The molecule has 0 bridgehead atoms. The van der Waals surface area contributed by atoms with Crippen LogP contribution in [0.5, 0.6) is 0 Å². The minimum atomic E-state index is -0.190. The third-order valence-corrected chi connectivity index (χ3v) is 3.95. The Balaban J connectivity index is 1.57. The number of benzene rings is 1. The second-order valence-electron chi connectivity index (χ2n) is 5.91. The summed E-state index contributed by atoms with van der Waals surface area (Å²) in [5, 5.41) is 5.56. The number of hydrogen-bond donors (Lipinski definition) is 2. The van der Waals surface area contributed by atoms with Crippen LogP contribution in [0.1, 0.15) is 36.5 Å². The van der Waals surface area contributed by atoms with E-state index in [0.717, 1.165) is 12.8 Å². The molecule has 22 heavy (non-hydrogen) atoms. The van der Waals surface area contributed by atoms with Crippen molar-refractivity contribution in [2.75, 3.05) is 11.9 Å². The van der Waals surface area contributed by atoms with E-state index in [2.05, 4.69) is 10.6 Å². The molecule has 2 aliphatic rings. The molecule has 1 saturated carbocycles. The molecule has 2 fully saturated rings. The summed E-state index contributed by atoms with van der Waals surface area (Å²) in [5.41, 5.74) is 1.17. The van der Waals surface area contributed by atoms with Crippen molar-refractivity contribution in [3.63, 3.8) is 0 Å². The van der Waals surface area contributed by atoms with E-state index in [-0.39, 0.29) is 23.8 Å². The molecule has 1 aromatic rings. The highest BCUT2D eigenvalue weighted by Crippen LogP contribution is 2.30. The van der Waals surface area contributed by atoms with Crippen molar-refractivity contribution in [1.82, 2.24) is 10.2 Å². The topological polar surface area (TPSA) is 78.5 Å². The van der Waals surface area contributed by atoms with E-state index >= 15 is 0 Å². The van der Waals surface area contributed by atoms with Crippen molar-refractivity contribution in [3.05, 3.63) is 29.8 Å². The van der Waals surface area contributed by atoms with Crippen LogP contribution in [0.15, 0.2) is 24.3 Å². The van der Waals surface area contributed by atoms with Crippen LogP contribution in [0.4, 0.5) is 5.69 Å². The molecular formula is C16H19N3O3. The Morgan fingerprint density at radius 2 is 1.86 bits per heavy atom. The van der Waals surface area contributed by atoms with Crippen LogP contribution in [-0.2, 0) is 9.59 Å². The van der Waals surface area contributed by atoms with Gasteiger partial charge in [0.25, 0.3) is 5.91 Å². The predicted octanol–water partition coefficient (Wildman–Crippen LogP) is 1.14. The summed E-state index contributed by atoms with van der Waals surface area (Å²) < 4.78 is 0. The quantitative estimate of drug-likeness (QED) is 0.875. The van der Waals surface area contributed by atoms with Crippen molar-refractivity contribution in [1.29, 1.82) is 0 Å². The van der Waals surface area contributed by atoms with E-state index in [1.165, 1.54) is 6.92 Å². The molecule has 1 heterocycles. The second-order valence-corrected chi connectivity index (χ2v) is 5.91. The first-order valence-electron chi connectivity index (χ1n) is 7.51. The molecular weight excluding hydrogens is 282 g/mol. The number of amides is 3. The van der Waals surface area contributed by atoms with Crippen LogP contribution < -0.4 is 10.6 Å². The van der Waals surface area contributed by atoms with Crippen LogP contribution in [0.2, 0.25) is 0 Å². The van der Waals surface area contributed by atoms with Gasteiger partial charge in [-0.25, -0.2) is 0 Å². The Bertz CT molecular complexity index is 608. The fraction of sp³-hybridized carbons (Fsp3) is 0.438. The largest absolute Gasteiger partial charge is 0.347 e. The number of carbonyl (C=O) groups excluding carboxylic acids is 3. The Hall–Kier alpha value is -2.37. The molecule has 1 aliphatic heterocycles. The standard InChI is InChI=1S/C16H19N3O3/c1-10(20)17-12-4-2-11(3-5-12)16(22)18-13-8-15(21)19(9-13)14-6-7-14/h2-5,13-14H,6-9H2,1H3,(H,17,20)(H,18,22). The fourth-order valence-electron chi connectivity index (χ4n) is 2.74. The van der Waals surface area contributed by atoms with Crippen LogP contribution in [0, 0.1) is 0 Å².